The predicted molar refractivity (Wildman–Crippen MR) is 45.0 cm³/mol. The highest BCUT2D eigenvalue weighted by atomic mass is 16.6. The van der Waals surface area contributed by atoms with Crippen molar-refractivity contribution in [3.05, 3.63) is 0 Å². The number of unbranched alkanes of at least 4 members (excludes halogenated alkanes) is 2. The van der Waals surface area contributed by atoms with E-state index in [0.29, 0.717) is 6.61 Å². The van der Waals surface area contributed by atoms with E-state index in [1.165, 1.54) is 6.42 Å². The molecule has 0 unspecified atom stereocenters. The van der Waals surface area contributed by atoms with Crippen LogP contribution in [0.4, 0.5) is 0 Å². The molecule has 0 saturated carbocycles. The van der Waals surface area contributed by atoms with Crippen LogP contribution in [0, 0.1) is 5.92 Å². The lowest BCUT2D eigenvalue weighted by Crippen LogP contribution is -2.47. The molecule has 0 N–H and O–H groups in total. The SMILES string of the molecule is CC(C)CCCCCOB([O-])[O-]. The average Bonchev–Trinajstić information content (AvgIpc) is 1.95. The summed E-state index contributed by atoms with van der Waals surface area (Å²) in [6, 6.07) is 0. The molecule has 0 aromatic heterocycles. The van der Waals surface area contributed by atoms with Crippen LogP contribution in [0.5, 0.6) is 0 Å². The van der Waals surface area contributed by atoms with Gasteiger partial charge in [-0.05, 0) is 12.3 Å². The summed E-state index contributed by atoms with van der Waals surface area (Å²) in [6.45, 7) is 4.68. The average molecular weight is 172 g/mol. The molecule has 0 heterocycles. The van der Waals surface area contributed by atoms with Crippen molar-refractivity contribution in [1.82, 2.24) is 0 Å². The van der Waals surface area contributed by atoms with E-state index >= 15 is 0 Å². The highest BCUT2D eigenvalue weighted by molar-refractivity contribution is 6.28. The third kappa shape index (κ3) is 9.94. The molecular weight excluding hydrogens is 155 g/mol. The summed E-state index contributed by atoms with van der Waals surface area (Å²) in [5, 5.41) is 19.8. The maximum atomic E-state index is 9.89. The third-order valence-electron chi connectivity index (χ3n) is 1.68. The second kappa shape index (κ2) is 7.59. The normalized spacial score (nSPS) is 10.8. The standard InChI is InChI=1S/C8H17BO3/c1-8(2)6-4-3-5-7-12-9(10)11/h8H,3-7H2,1-2H3/q-2. The summed E-state index contributed by atoms with van der Waals surface area (Å²) >= 11 is 0. The van der Waals surface area contributed by atoms with Crippen molar-refractivity contribution in [1.29, 1.82) is 0 Å². The van der Waals surface area contributed by atoms with Gasteiger partial charge in [0, 0.05) is 6.61 Å². The second-order valence-electron chi connectivity index (χ2n) is 3.40. The smallest absolute Gasteiger partial charge is 0.0604 e. The highest BCUT2D eigenvalue weighted by Gasteiger charge is 1.93. The van der Waals surface area contributed by atoms with E-state index in [4.69, 9.17) is 0 Å². The molecule has 0 aromatic carbocycles. The van der Waals surface area contributed by atoms with E-state index in [2.05, 4.69) is 18.5 Å². The van der Waals surface area contributed by atoms with E-state index in [-0.39, 0.29) is 0 Å². The number of hydrogen-bond acceptors (Lipinski definition) is 3. The summed E-state index contributed by atoms with van der Waals surface area (Å²) in [5.74, 6) is 0.734. The minimum Gasteiger partial charge on any atom is -0.871 e. The molecule has 72 valence electrons. The van der Waals surface area contributed by atoms with Gasteiger partial charge >= 0.3 is 0 Å². The van der Waals surface area contributed by atoms with Gasteiger partial charge in [-0.3, -0.25) is 0 Å². The van der Waals surface area contributed by atoms with Crippen molar-refractivity contribution in [2.24, 2.45) is 5.92 Å². The van der Waals surface area contributed by atoms with Crippen LogP contribution in [0.15, 0.2) is 0 Å². The van der Waals surface area contributed by atoms with E-state index in [9.17, 15) is 10.0 Å². The Bertz CT molecular complexity index is 84.3. The monoisotopic (exact) mass is 172 g/mol. The Hall–Kier alpha value is -0.0551. The van der Waals surface area contributed by atoms with Gasteiger partial charge < -0.3 is 14.7 Å². The van der Waals surface area contributed by atoms with Crippen LogP contribution in [-0.2, 0) is 4.65 Å². The molecular formula is C8H17BO3-2. The topological polar surface area (TPSA) is 55.3 Å². The minimum absolute atomic E-state index is 0.315. The lowest BCUT2D eigenvalue weighted by Gasteiger charge is -2.25. The van der Waals surface area contributed by atoms with Gasteiger partial charge in [-0.25, -0.2) is 0 Å². The zero-order valence-electron chi connectivity index (χ0n) is 7.91. The van der Waals surface area contributed by atoms with Crippen molar-refractivity contribution in [2.75, 3.05) is 6.61 Å². The second-order valence-corrected chi connectivity index (χ2v) is 3.40. The number of hydrogen-bond donors (Lipinski definition) is 0. The van der Waals surface area contributed by atoms with Gasteiger partial charge in [0.05, 0.1) is 7.32 Å². The Morgan fingerprint density at radius 3 is 2.33 bits per heavy atom. The first-order valence-corrected chi connectivity index (χ1v) is 4.56. The van der Waals surface area contributed by atoms with Crippen molar-refractivity contribution >= 4 is 7.32 Å². The molecule has 0 aliphatic heterocycles. The predicted octanol–water partition coefficient (Wildman–Crippen LogP) is -0.0751. The molecule has 0 saturated heterocycles. The molecule has 12 heavy (non-hydrogen) atoms. The van der Waals surface area contributed by atoms with Crippen molar-refractivity contribution in [3.8, 4) is 0 Å². The first kappa shape index (κ1) is 11.9. The van der Waals surface area contributed by atoms with Crippen LogP contribution >= 0.6 is 0 Å². The van der Waals surface area contributed by atoms with E-state index in [0.717, 1.165) is 25.2 Å². The van der Waals surface area contributed by atoms with Crippen LogP contribution in [-0.4, -0.2) is 13.9 Å². The lowest BCUT2D eigenvalue weighted by molar-refractivity contribution is -0.381. The summed E-state index contributed by atoms with van der Waals surface area (Å²) in [7, 11) is -2.10. The molecule has 0 bridgehead atoms. The Balaban J connectivity index is 2.91. The first-order valence-electron chi connectivity index (χ1n) is 4.56. The quantitative estimate of drug-likeness (QED) is 0.398. The minimum atomic E-state index is -2.10. The fourth-order valence-electron chi connectivity index (χ4n) is 1.01. The van der Waals surface area contributed by atoms with Crippen LogP contribution in [0.3, 0.4) is 0 Å². The summed E-state index contributed by atoms with van der Waals surface area (Å²) in [5.41, 5.74) is 0. The van der Waals surface area contributed by atoms with Crippen molar-refractivity contribution in [3.63, 3.8) is 0 Å². The zero-order valence-corrected chi connectivity index (χ0v) is 7.91. The summed E-state index contributed by atoms with van der Waals surface area (Å²) in [6.07, 6.45) is 4.24. The molecule has 3 nitrogen and oxygen atoms in total. The summed E-state index contributed by atoms with van der Waals surface area (Å²) < 4.78 is 4.34. The third-order valence-corrected chi connectivity index (χ3v) is 1.68. The van der Waals surface area contributed by atoms with E-state index in [1.807, 2.05) is 0 Å². The van der Waals surface area contributed by atoms with Crippen LogP contribution in [0.25, 0.3) is 0 Å². The Kier molecular flexibility index (Phi) is 7.55. The van der Waals surface area contributed by atoms with E-state index < -0.39 is 7.32 Å². The van der Waals surface area contributed by atoms with Gasteiger partial charge in [0.2, 0.25) is 0 Å². The van der Waals surface area contributed by atoms with Gasteiger partial charge in [0.15, 0.2) is 0 Å². The zero-order chi connectivity index (χ0) is 9.40. The van der Waals surface area contributed by atoms with Gasteiger partial charge in [0.25, 0.3) is 0 Å². The fourth-order valence-corrected chi connectivity index (χ4v) is 1.01. The molecule has 0 atom stereocenters. The fraction of sp³-hybridized carbons (Fsp3) is 1.00. The number of rotatable bonds is 7. The molecule has 4 heteroatoms. The largest absolute Gasteiger partial charge is 0.871 e. The van der Waals surface area contributed by atoms with Crippen molar-refractivity contribution in [2.45, 2.75) is 39.5 Å². The Labute approximate surface area is 74.9 Å². The Morgan fingerprint density at radius 1 is 1.17 bits per heavy atom. The molecule has 0 aliphatic rings. The molecule has 0 amide bonds. The molecule has 0 aromatic rings. The highest BCUT2D eigenvalue weighted by Crippen LogP contribution is 2.07. The maximum absolute atomic E-state index is 9.89. The van der Waals surface area contributed by atoms with Gasteiger partial charge in [-0.15, -0.1) is 0 Å². The molecule has 0 spiro atoms. The van der Waals surface area contributed by atoms with Gasteiger partial charge in [0.1, 0.15) is 0 Å². The maximum Gasteiger partial charge on any atom is 0.0604 e. The Morgan fingerprint density at radius 2 is 1.83 bits per heavy atom. The first-order chi connectivity index (χ1) is 5.63. The molecule has 0 radical (unpaired) electrons. The van der Waals surface area contributed by atoms with Gasteiger partial charge in [-0.2, -0.15) is 0 Å². The summed E-state index contributed by atoms with van der Waals surface area (Å²) in [4.78, 5) is 0. The molecule has 0 rings (SSSR count). The molecule has 0 fully saturated rings. The van der Waals surface area contributed by atoms with Crippen LogP contribution < -0.4 is 10.0 Å². The van der Waals surface area contributed by atoms with E-state index in [1.54, 1.807) is 0 Å². The van der Waals surface area contributed by atoms with Crippen molar-refractivity contribution < 1.29 is 14.7 Å². The van der Waals surface area contributed by atoms with Crippen LogP contribution in [0.1, 0.15) is 39.5 Å². The van der Waals surface area contributed by atoms with Gasteiger partial charge in [-0.1, -0.05) is 33.1 Å². The van der Waals surface area contributed by atoms with Crippen LogP contribution in [0.2, 0.25) is 0 Å². The molecule has 0 aliphatic carbocycles. The lowest BCUT2D eigenvalue weighted by atomic mass is 10.1.